The molecule has 8 heteroatoms. The van der Waals surface area contributed by atoms with E-state index in [1.54, 1.807) is 4.90 Å². The Balaban J connectivity index is 1.87. The lowest BCUT2D eigenvalue weighted by Gasteiger charge is -2.31. The molecule has 1 unspecified atom stereocenters. The van der Waals surface area contributed by atoms with E-state index in [1.807, 2.05) is 35.1 Å². The van der Waals surface area contributed by atoms with E-state index in [2.05, 4.69) is 4.98 Å². The number of ether oxygens (including phenoxy) is 1. The molecule has 0 aromatic carbocycles. The van der Waals surface area contributed by atoms with Crippen LogP contribution in [0.25, 0.3) is 5.52 Å². The van der Waals surface area contributed by atoms with Crippen molar-refractivity contribution in [1.29, 1.82) is 0 Å². The van der Waals surface area contributed by atoms with Crippen LogP contribution >= 0.6 is 11.8 Å². The van der Waals surface area contributed by atoms with Crippen LogP contribution in [0.4, 0.5) is 0 Å². The van der Waals surface area contributed by atoms with Gasteiger partial charge in [-0.25, -0.2) is 4.98 Å². The highest BCUT2D eigenvalue weighted by atomic mass is 32.2. The smallest absolute Gasteiger partial charge is 0.306 e. The standard InChI is InChI=1S/C15H17N3O4S/c1-23-15-16-13(11-4-2-3-5-18(11)15)14(21)17-6-7-22-10(9-17)8-12(19)20/h2-5,10H,6-9H2,1H3,(H,19,20). The third kappa shape index (κ3) is 3.18. The molecule has 1 amide bonds. The molecule has 2 aromatic heterocycles. The zero-order valence-electron chi connectivity index (χ0n) is 12.6. The molecule has 1 aliphatic heterocycles. The lowest BCUT2D eigenvalue weighted by Crippen LogP contribution is -2.46. The van der Waals surface area contributed by atoms with Crippen LogP contribution in [0.2, 0.25) is 0 Å². The Hall–Kier alpha value is -2.06. The van der Waals surface area contributed by atoms with Crippen molar-refractivity contribution >= 4 is 29.2 Å². The summed E-state index contributed by atoms with van der Waals surface area (Å²) in [5.74, 6) is -1.12. The molecule has 1 saturated heterocycles. The third-order valence-corrected chi connectivity index (χ3v) is 4.38. The molecule has 1 N–H and O–H groups in total. The number of carboxylic acids is 1. The summed E-state index contributed by atoms with van der Waals surface area (Å²) in [5, 5.41) is 9.63. The number of aromatic nitrogens is 2. The summed E-state index contributed by atoms with van der Waals surface area (Å²) >= 11 is 1.47. The summed E-state index contributed by atoms with van der Waals surface area (Å²) < 4.78 is 7.30. The number of thioether (sulfide) groups is 1. The number of carbonyl (C=O) groups is 2. The van der Waals surface area contributed by atoms with Gasteiger partial charge in [0.05, 0.1) is 24.6 Å². The van der Waals surface area contributed by atoms with E-state index in [1.165, 1.54) is 11.8 Å². The maximum absolute atomic E-state index is 12.8. The number of pyridine rings is 1. The Labute approximate surface area is 137 Å². The number of rotatable bonds is 4. The van der Waals surface area contributed by atoms with E-state index in [-0.39, 0.29) is 18.9 Å². The number of amides is 1. The highest BCUT2D eigenvalue weighted by Gasteiger charge is 2.29. The van der Waals surface area contributed by atoms with Crippen molar-refractivity contribution < 1.29 is 19.4 Å². The monoisotopic (exact) mass is 335 g/mol. The van der Waals surface area contributed by atoms with Crippen molar-refractivity contribution in [2.75, 3.05) is 26.0 Å². The average molecular weight is 335 g/mol. The second kappa shape index (κ2) is 6.59. The number of hydrogen-bond acceptors (Lipinski definition) is 5. The van der Waals surface area contributed by atoms with E-state index in [0.29, 0.717) is 18.8 Å². The SMILES string of the molecule is CSc1nc(C(=O)N2CCOC(CC(=O)O)C2)c2ccccn12. The first-order valence-electron chi connectivity index (χ1n) is 7.24. The molecular weight excluding hydrogens is 318 g/mol. The Bertz CT molecular complexity index is 745. The summed E-state index contributed by atoms with van der Waals surface area (Å²) in [4.78, 5) is 29.7. The largest absolute Gasteiger partial charge is 0.481 e. The predicted octanol–water partition coefficient (Wildman–Crippen LogP) is 1.37. The van der Waals surface area contributed by atoms with Crippen LogP contribution in [-0.2, 0) is 9.53 Å². The average Bonchev–Trinajstić information content (AvgIpc) is 2.92. The van der Waals surface area contributed by atoms with Crippen molar-refractivity contribution in [1.82, 2.24) is 14.3 Å². The highest BCUT2D eigenvalue weighted by Crippen LogP contribution is 2.22. The molecule has 122 valence electrons. The lowest BCUT2D eigenvalue weighted by atomic mass is 10.2. The summed E-state index contributed by atoms with van der Waals surface area (Å²) in [5.41, 5.74) is 1.15. The van der Waals surface area contributed by atoms with Gasteiger partial charge in [-0.1, -0.05) is 17.8 Å². The first kappa shape index (κ1) is 15.8. The van der Waals surface area contributed by atoms with Crippen molar-refractivity contribution in [2.24, 2.45) is 0 Å². The van der Waals surface area contributed by atoms with Crippen molar-refractivity contribution in [3.63, 3.8) is 0 Å². The molecule has 0 aliphatic carbocycles. The zero-order chi connectivity index (χ0) is 16.4. The number of carboxylic acid groups (broad SMARTS) is 1. The Kier molecular flexibility index (Phi) is 4.53. The van der Waals surface area contributed by atoms with Gasteiger partial charge in [0.2, 0.25) is 0 Å². The van der Waals surface area contributed by atoms with Gasteiger partial charge in [0.1, 0.15) is 0 Å². The van der Waals surface area contributed by atoms with Gasteiger partial charge in [-0.2, -0.15) is 0 Å². The van der Waals surface area contributed by atoms with Crippen LogP contribution in [0, 0.1) is 0 Å². The number of fused-ring (bicyclic) bond motifs is 1. The maximum atomic E-state index is 12.8. The molecule has 0 saturated carbocycles. The second-order valence-corrected chi connectivity index (χ2v) is 6.02. The molecule has 3 rings (SSSR count). The zero-order valence-corrected chi connectivity index (χ0v) is 13.5. The number of morpholine rings is 1. The predicted molar refractivity (Wildman–Crippen MR) is 84.9 cm³/mol. The topological polar surface area (TPSA) is 84.1 Å². The minimum Gasteiger partial charge on any atom is -0.481 e. The first-order valence-corrected chi connectivity index (χ1v) is 8.46. The minimum atomic E-state index is -0.929. The quantitative estimate of drug-likeness (QED) is 0.850. The van der Waals surface area contributed by atoms with E-state index < -0.39 is 12.1 Å². The molecule has 23 heavy (non-hydrogen) atoms. The van der Waals surface area contributed by atoms with Gasteiger partial charge in [-0.15, -0.1) is 0 Å². The van der Waals surface area contributed by atoms with Crippen LogP contribution in [-0.4, -0.2) is 63.3 Å². The molecule has 2 aromatic rings. The number of aliphatic carboxylic acids is 1. The fraction of sp³-hybridized carbons (Fsp3) is 0.400. The highest BCUT2D eigenvalue weighted by molar-refractivity contribution is 7.98. The number of nitrogens with zero attached hydrogens (tertiary/aromatic N) is 3. The summed E-state index contributed by atoms with van der Waals surface area (Å²) in [6.07, 6.45) is 3.20. The maximum Gasteiger partial charge on any atom is 0.306 e. The third-order valence-electron chi connectivity index (χ3n) is 3.73. The van der Waals surface area contributed by atoms with Crippen LogP contribution in [0.5, 0.6) is 0 Å². The second-order valence-electron chi connectivity index (χ2n) is 5.24. The number of hydrogen-bond donors (Lipinski definition) is 1. The molecule has 1 atom stereocenters. The molecule has 1 aliphatic rings. The van der Waals surface area contributed by atoms with E-state index in [9.17, 15) is 9.59 Å². The lowest BCUT2D eigenvalue weighted by molar-refractivity contribution is -0.141. The Morgan fingerprint density at radius 3 is 3.04 bits per heavy atom. The minimum absolute atomic E-state index is 0.107. The molecule has 0 spiro atoms. The molecule has 1 fully saturated rings. The van der Waals surface area contributed by atoms with Gasteiger partial charge in [-0.05, 0) is 18.4 Å². The van der Waals surface area contributed by atoms with E-state index in [0.717, 1.165) is 10.7 Å². The Morgan fingerprint density at radius 1 is 1.48 bits per heavy atom. The Morgan fingerprint density at radius 2 is 2.30 bits per heavy atom. The van der Waals surface area contributed by atoms with Crippen LogP contribution in [0.1, 0.15) is 16.9 Å². The molecule has 0 radical (unpaired) electrons. The first-order chi connectivity index (χ1) is 11.1. The van der Waals surface area contributed by atoms with Crippen molar-refractivity contribution in [2.45, 2.75) is 17.7 Å². The van der Waals surface area contributed by atoms with Crippen molar-refractivity contribution in [3.8, 4) is 0 Å². The number of carbonyl (C=O) groups excluding carboxylic acids is 1. The molecule has 3 heterocycles. The van der Waals surface area contributed by atoms with Crippen LogP contribution < -0.4 is 0 Å². The van der Waals surface area contributed by atoms with E-state index in [4.69, 9.17) is 9.84 Å². The van der Waals surface area contributed by atoms with Crippen LogP contribution in [0.3, 0.4) is 0 Å². The van der Waals surface area contributed by atoms with Gasteiger partial charge in [0.25, 0.3) is 5.91 Å². The summed E-state index contributed by atoms with van der Waals surface area (Å²) in [7, 11) is 0. The van der Waals surface area contributed by atoms with Gasteiger partial charge >= 0.3 is 5.97 Å². The van der Waals surface area contributed by atoms with Gasteiger partial charge in [0.15, 0.2) is 10.9 Å². The van der Waals surface area contributed by atoms with Gasteiger partial charge < -0.3 is 14.7 Å². The normalized spacial score (nSPS) is 18.3. The fourth-order valence-electron chi connectivity index (χ4n) is 2.68. The van der Waals surface area contributed by atoms with E-state index >= 15 is 0 Å². The number of imidazole rings is 1. The molecular formula is C15H17N3O4S. The van der Waals surface area contributed by atoms with Crippen molar-refractivity contribution in [3.05, 3.63) is 30.1 Å². The molecule has 0 bridgehead atoms. The van der Waals surface area contributed by atoms with Crippen LogP contribution in [0.15, 0.2) is 29.6 Å². The summed E-state index contributed by atoms with van der Waals surface area (Å²) in [6.45, 7) is 1.05. The van der Waals surface area contributed by atoms with Gasteiger partial charge in [0, 0.05) is 19.3 Å². The fourth-order valence-corrected chi connectivity index (χ4v) is 3.22. The summed E-state index contributed by atoms with van der Waals surface area (Å²) in [6, 6.07) is 5.61. The van der Waals surface area contributed by atoms with Gasteiger partial charge in [-0.3, -0.25) is 14.0 Å². The molecule has 7 nitrogen and oxygen atoms in total.